The summed E-state index contributed by atoms with van der Waals surface area (Å²) < 4.78 is 6.83. The molecule has 1 aromatic heterocycles. The molecule has 1 aromatic carbocycles. The SMILES string of the molecule is COc1ccc(C2=Nc3nnnn3CC2)cc1. The Morgan fingerprint density at radius 2 is 2.06 bits per heavy atom. The van der Waals surface area contributed by atoms with E-state index in [1.54, 1.807) is 11.8 Å². The van der Waals surface area contributed by atoms with Crippen molar-refractivity contribution in [1.29, 1.82) is 0 Å². The first kappa shape index (κ1) is 9.95. The van der Waals surface area contributed by atoms with Crippen molar-refractivity contribution >= 4 is 11.7 Å². The second kappa shape index (κ2) is 3.97. The number of aromatic nitrogens is 4. The molecule has 0 saturated heterocycles. The number of aliphatic imine (C=N–C) groups is 1. The van der Waals surface area contributed by atoms with Crippen LogP contribution in [0.2, 0.25) is 0 Å². The lowest BCUT2D eigenvalue weighted by atomic mass is 10.1. The minimum absolute atomic E-state index is 0.571. The van der Waals surface area contributed by atoms with Gasteiger partial charge in [0.1, 0.15) is 5.75 Å². The average molecular weight is 229 g/mol. The van der Waals surface area contributed by atoms with E-state index in [0.717, 1.165) is 30.0 Å². The van der Waals surface area contributed by atoms with Crippen LogP contribution in [-0.2, 0) is 6.54 Å². The standard InChI is InChI=1S/C11H11N5O/c1-17-9-4-2-8(3-5-9)10-6-7-16-11(12-10)13-14-15-16/h2-5H,6-7H2,1H3. The molecule has 6 heteroatoms. The molecule has 2 heterocycles. The quantitative estimate of drug-likeness (QED) is 0.776. The van der Waals surface area contributed by atoms with Gasteiger partial charge in [0.05, 0.1) is 19.4 Å². The number of benzene rings is 1. The van der Waals surface area contributed by atoms with Crippen molar-refractivity contribution in [3.8, 4) is 5.75 Å². The molecule has 0 amide bonds. The fourth-order valence-electron chi connectivity index (χ4n) is 1.81. The van der Waals surface area contributed by atoms with Gasteiger partial charge in [-0.15, -0.1) is 0 Å². The van der Waals surface area contributed by atoms with E-state index in [9.17, 15) is 0 Å². The number of ether oxygens (including phenoxy) is 1. The van der Waals surface area contributed by atoms with Gasteiger partial charge in [-0.25, -0.2) is 9.67 Å². The van der Waals surface area contributed by atoms with Crippen molar-refractivity contribution in [3.63, 3.8) is 0 Å². The molecule has 0 N–H and O–H groups in total. The molecule has 0 bridgehead atoms. The van der Waals surface area contributed by atoms with Crippen LogP contribution in [0.25, 0.3) is 0 Å². The van der Waals surface area contributed by atoms with Crippen molar-refractivity contribution in [2.24, 2.45) is 4.99 Å². The number of hydrogen-bond donors (Lipinski definition) is 0. The monoisotopic (exact) mass is 229 g/mol. The maximum absolute atomic E-state index is 5.12. The third-order valence-corrected chi connectivity index (χ3v) is 2.73. The van der Waals surface area contributed by atoms with Crippen LogP contribution in [0.5, 0.6) is 5.75 Å². The van der Waals surface area contributed by atoms with Gasteiger partial charge < -0.3 is 4.74 Å². The predicted octanol–water partition coefficient (Wildman–Crippen LogP) is 1.21. The minimum Gasteiger partial charge on any atom is -0.497 e. The Morgan fingerprint density at radius 1 is 1.24 bits per heavy atom. The number of hydrogen-bond acceptors (Lipinski definition) is 5. The van der Waals surface area contributed by atoms with Gasteiger partial charge in [0.15, 0.2) is 0 Å². The molecule has 17 heavy (non-hydrogen) atoms. The van der Waals surface area contributed by atoms with Gasteiger partial charge in [-0.2, -0.15) is 0 Å². The topological polar surface area (TPSA) is 65.2 Å². The van der Waals surface area contributed by atoms with Crippen LogP contribution in [0.1, 0.15) is 12.0 Å². The van der Waals surface area contributed by atoms with Gasteiger partial charge in [-0.3, -0.25) is 0 Å². The largest absolute Gasteiger partial charge is 0.497 e. The fraction of sp³-hybridized carbons (Fsp3) is 0.273. The lowest BCUT2D eigenvalue weighted by Crippen LogP contribution is -2.13. The van der Waals surface area contributed by atoms with E-state index >= 15 is 0 Å². The zero-order chi connectivity index (χ0) is 11.7. The van der Waals surface area contributed by atoms with Crippen LogP contribution in [0.4, 0.5) is 5.95 Å². The Bertz CT molecular complexity index is 557. The number of tetrazole rings is 1. The predicted molar refractivity (Wildman–Crippen MR) is 61.6 cm³/mol. The summed E-state index contributed by atoms with van der Waals surface area (Å²) in [5, 5.41) is 11.3. The van der Waals surface area contributed by atoms with E-state index in [1.807, 2.05) is 24.3 Å². The van der Waals surface area contributed by atoms with Crippen LogP contribution in [0.3, 0.4) is 0 Å². The van der Waals surface area contributed by atoms with Crippen molar-refractivity contribution < 1.29 is 4.74 Å². The second-order valence-electron chi connectivity index (χ2n) is 3.74. The van der Waals surface area contributed by atoms with Crippen LogP contribution in [-0.4, -0.2) is 33.0 Å². The summed E-state index contributed by atoms with van der Waals surface area (Å²) in [7, 11) is 1.65. The van der Waals surface area contributed by atoms with Crippen molar-refractivity contribution in [2.45, 2.75) is 13.0 Å². The summed E-state index contributed by atoms with van der Waals surface area (Å²) in [6, 6.07) is 7.85. The summed E-state index contributed by atoms with van der Waals surface area (Å²) in [5.74, 6) is 1.41. The molecule has 1 aliphatic rings. The van der Waals surface area contributed by atoms with Gasteiger partial charge in [-0.1, -0.05) is 5.10 Å². The Hall–Kier alpha value is -2.24. The summed E-state index contributed by atoms with van der Waals surface area (Å²) in [6.45, 7) is 0.771. The number of fused-ring (bicyclic) bond motifs is 1. The van der Waals surface area contributed by atoms with Crippen molar-refractivity contribution in [2.75, 3.05) is 7.11 Å². The molecular weight excluding hydrogens is 218 g/mol. The average Bonchev–Trinajstić information content (AvgIpc) is 2.86. The molecular formula is C11H11N5O. The number of methoxy groups -OCH3 is 1. The van der Waals surface area contributed by atoms with Crippen LogP contribution in [0, 0.1) is 0 Å². The first-order chi connectivity index (χ1) is 8.36. The van der Waals surface area contributed by atoms with E-state index in [4.69, 9.17) is 4.74 Å². The number of aryl methyl sites for hydroxylation is 1. The normalized spacial score (nSPS) is 14.1. The Morgan fingerprint density at radius 3 is 2.82 bits per heavy atom. The molecule has 0 unspecified atom stereocenters. The summed E-state index contributed by atoms with van der Waals surface area (Å²) in [6.07, 6.45) is 0.838. The van der Waals surface area contributed by atoms with Crippen molar-refractivity contribution in [3.05, 3.63) is 29.8 Å². The van der Waals surface area contributed by atoms with Gasteiger partial charge in [-0.05, 0) is 40.3 Å². The molecule has 6 nitrogen and oxygen atoms in total. The lowest BCUT2D eigenvalue weighted by Gasteiger charge is -2.12. The third-order valence-electron chi connectivity index (χ3n) is 2.73. The Labute approximate surface area is 97.9 Å². The van der Waals surface area contributed by atoms with E-state index in [1.165, 1.54) is 0 Å². The molecule has 0 saturated carbocycles. The molecule has 86 valence electrons. The highest BCUT2D eigenvalue weighted by atomic mass is 16.5. The fourth-order valence-corrected chi connectivity index (χ4v) is 1.81. The first-order valence-corrected chi connectivity index (χ1v) is 5.35. The highest BCUT2D eigenvalue weighted by Gasteiger charge is 2.15. The van der Waals surface area contributed by atoms with E-state index in [-0.39, 0.29) is 0 Å². The zero-order valence-electron chi connectivity index (χ0n) is 9.37. The van der Waals surface area contributed by atoms with Gasteiger partial charge in [0.2, 0.25) is 0 Å². The number of rotatable bonds is 2. The highest BCUT2D eigenvalue weighted by Crippen LogP contribution is 2.19. The van der Waals surface area contributed by atoms with Crippen molar-refractivity contribution in [1.82, 2.24) is 20.2 Å². The molecule has 0 spiro atoms. The van der Waals surface area contributed by atoms with E-state index in [2.05, 4.69) is 20.5 Å². The van der Waals surface area contributed by atoms with Gasteiger partial charge in [0, 0.05) is 6.42 Å². The maximum Gasteiger partial charge on any atom is 0.269 e. The highest BCUT2D eigenvalue weighted by molar-refractivity contribution is 6.02. The summed E-state index contributed by atoms with van der Waals surface area (Å²) in [5.41, 5.74) is 2.09. The second-order valence-corrected chi connectivity index (χ2v) is 3.74. The van der Waals surface area contributed by atoms with E-state index in [0.29, 0.717) is 5.95 Å². The third kappa shape index (κ3) is 1.77. The molecule has 2 aromatic rings. The summed E-state index contributed by atoms with van der Waals surface area (Å²) >= 11 is 0. The molecule has 0 aliphatic carbocycles. The maximum atomic E-state index is 5.12. The van der Waals surface area contributed by atoms with Crippen LogP contribution >= 0.6 is 0 Å². The molecule has 0 radical (unpaired) electrons. The molecule has 3 rings (SSSR count). The van der Waals surface area contributed by atoms with E-state index < -0.39 is 0 Å². The summed E-state index contributed by atoms with van der Waals surface area (Å²) in [4.78, 5) is 4.43. The van der Waals surface area contributed by atoms with Crippen LogP contribution < -0.4 is 4.74 Å². The molecule has 1 aliphatic heterocycles. The smallest absolute Gasteiger partial charge is 0.269 e. The minimum atomic E-state index is 0.571. The Kier molecular flexibility index (Phi) is 2.32. The Balaban J connectivity index is 1.95. The van der Waals surface area contributed by atoms with Gasteiger partial charge >= 0.3 is 0 Å². The van der Waals surface area contributed by atoms with Gasteiger partial charge in [0.25, 0.3) is 5.95 Å². The molecule has 0 fully saturated rings. The lowest BCUT2D eigenvalue weighted by molar-refractivity contribution is 0.415. The number of nitrogens with zero attached hydrogens (tertiary/aromatic N) is 5. The molecule has 0 atom stereocenters. The van der Waals surface area contributed by atoms with Crippen LogP contribution in [0.15, 0.2) is 29.3 Å². The first-order valence-electron chi connectivity index (χ1n) is 5.35. The zero-order valence-corrected chi connectivity index (χ0v) is 9.37.